The molecule has 1 unspecified atom stereocenters. The third kappa shape index (κ3) is 1.73. The van der Waals surface area contributed by atoms with Gasteiger partial charge in [0.1, 0.15) is 0 Å². The summed E-state index contributed by atoms with van der Waals surface area (Å²) in [7, 11) is 1.94. The highest BCUT2D eigenvalue weighted by atomic mass is 32.2. The number of carbonyl (C=O) groups excluding carboxylic acids is 1. The lowest BCUT2D eigenvalue weighted by atomic mass is 10.3. The van der Waals surface area contributed by atoms with E-state index in [1.807, 2.05) is 18.2 Å². The first-order valence-corrected chi connectivity index (χ1v) is 6.27. The minimum Gasteiger partial charge on any atom is -0.461 e. The molecule has 16 heavy (non-hydrogen) atoms. The number of esters is 1. The number of hydrogen-bond acceptors (Lipinski definition) is 6. The lowest BCUT2D eigenvalue weighted by molar-refractivity contribution is -0.134. The van der Waals surface area contributed by atoms with Crippen molar-refractivity contribution in [2.24, 2.45) is 9.98 Å². The van der Waals surface area contributed by atoms with Gasteiger partial charge in [-0.15, -0.1) is 11.8 Å². The molecule has 2 aliphatic rings. The van der Waals surface area contributed by atoms with E-state index in [0.717, 1.165) is 5.70 Å². The Bertz CT molecular complexity index is 414. The molecule has 2 aliphatic heterocycles. The molecule has 0 radical (unpaired) electrons. The van der Waals surface area contributed by atoms with E-state index in [2.05, 4.69) is 9.98 Å². The number of hydrogen-bond donors (Lipinski definition) is 0. The molecule has 6 heteroatoms. The average molecular weight is 239 g/mol. The summed E-state index contributed by atoms with van der Waals surface area (Å²) in [4.78, 5) is 22.0. The summed E-state index contributed by atoms with van der Waals surface area (Å²) in [5, 5.41) is 0. The van der Waals surface area contributed by atoms with Crippen LogP contribution < -0.4 is 0 Å². The Labute approximate surface area is 98.3 Å². The Hall–Kier alpha value is -1.30. The van der Waals surface area contributed by atoms with Crippen molar-refractivity contribution in [3.8, 4) is 0 Å². The van der Waals surface area contributed by atoms with Gasteiger partial charge >= 0.3 is 5.97 Å². The van der Waals surface area contributed by atoms with Gasteiger partial charge in [-0.05, 0) is 19.3 Å². The highest BCUT2D eigenvalue weighted by molar-refractivity contribution is 7.99. The second kappa shape index (κ2) is 4.29. The van der Waals surface area contributed by atoms with E-state index in [0.29, 0.717) is 18.2 Å². The molecule has 0 fully saturated rings. The first-order valence-electron chi connectivity index (χ1n) is 4.98. The third-order valence-electron chi connectivity index (χ3n) is 2.37. The molecule has 0 aliphatic carbocycles. The van der Waals surface area contributed by atoms with Crippen molar-refractivity contribution in [2.45, 2.75) is 12.4 Å². The summed E-state index contributed by atoms with van der Waals surface area (Å²) in [5.41, 5.74) is 1.29. The van der Waals surface area contributed by atoms with E-state index in [9.17, 15) is 4.79 Å². The van der Waals surface area contributed by atoms with Crippen LogP contribution in [0, 0.1) is 0 Å². The van der Waals surface area contributed by atoms with Crippen molar-refractivity contribution >= 4 is 29.3 Å². The first-order chi connectivity index (χ1) is 7.67. The first kappa shape index (κ1) is 11.2. The molecule has 0 aromatic carbocycles. The molecule has 1 atom stereocenters. The summed E-state index contributed by atoms with van der Waals surface area (Å²) in [6.45, 7) is 2.13. The Balaban J connectivity index is 2.20. The molecule has 2 rings (SSSR count). The zero-order valence-electron chi connectivity index (χ0n) is 9.43. The zero-order chi connectivity index (χ0) is 11.7. The van der Waals surface area contributed by atoms with Crippen LogP contribution in [0.5, 0.6) is 0 Å². The number of ether oxygens (including phenoxy) is 1. The molecule has 86 valence electrons. The van der Waals surface area contributed by atoms with Gasteiger partial charge in [-0.1, -0.05) is 0 Å². The zero-order valence-corrected chi connectivity index (χ0v) is 10.2. The van der Waals surface area contributed by atoms with E-state index in [1.54, 1.807) is 24.8 Å². The summed E-state index contributed by atoms with van der Waals surface area (Å²) in [5.74, 6) is 0.242. The van der Waals surface area contributed by atoms with Gasteiger partial charge in [0.15, 0.2) is 17.0 Å². The third-order valence-corrected chi connectivity index (χ3v) is 3.21. The van der Waals surface area contributed by atoms with E-state index < -0.39 is 0 Å². The fraction of sp³-hybridized carbons (Fsp3) is 0.500. The van der Waals surface area contributed by atoms with Gasteiger partial charge < -0.3 is 9.64 Å². The minimum atomic E-state index is -0.388. The highest BCUT2D eigenvalue weighted by Crippen LogP contribution is 2.28. The topological polar surface area (TPSA) is 54.3 Å². The van der Waals surface area contributed by atoms with E-state index in [1.165, 1.54) is 0 Å². The summed E-state index contributed by atoms with van der Waals surface area (Å²) < 4.78 is 4.89. The summed E-state index contributed by atoms with van der Waals surface area (Å²) in [6, 6.07) is 0. The fourth-order valence-electron chi connectivity index (χ4n) is 1.58. The van der Waals surface area contributed by atoms with Crippen molar-refractivity contribution in [3.63, 3.8) is 0 Å². The van der Waals surface area contributed by atoms with Gasteiger partial charge in [-0.2, -0.15) is 0 Å². The van der Waals surface area contributed by atoms with E-state index in [4.69, 9.17) is 4.74 Å². The predicted octanol–water partition coefficient (Wildman–Crippen LogP) is 0.879. The number of likely N-dealkylation sites (N-methyl/N-ethyl adjacent to an activating group) is 1. The van der Waals surface area contributed by atoms with E-state index in [-0.39, 0.29) is 11.5 Å². The average Bonchev–Trinajstić information content (AvgIpc) is 2.79. The Kier molecular flexibility index (Phi) is 3.00. The molecular formula is C10H13N3O2S. The summed E-state index contributed by atoms with van der Waals surface area (Å²) >= 11 is 1.63. The minimum absolute atomic E-state index is 0.0637. The van der Waals surface area contributed by atoms with Gasteiger partial charge in [0.2, 0.25) is 0 Å². The number of rotatable bonds is 3. The Morgan fingerprint density at radius 3 is 3.00 bits per heavy atom. The van der Waals surface area contributed by atoms with Crippen molar-refractivity contribution in [3.05, 3.63) is 11.8 Å². The molecule has 5 nitrogen and oxygen atoms in total. The van der Waals surface area contributed by atoms with Crippen molar-refractivity contribution in [2.75, 3.05) is 19.9 Å². The smallest absolute Gasteiger partial charge is 0.357 e. The lowest BCUT2D eigenvalue weighted by Gasteiger charge is -2.17. The molecule has 0 saturated heterocycles. The maximum Gasteiger partial charge on any atom is 0.357 e. The van der Waals surface area contributed by atoms with Crippen molar-refractivity contribution < 1.29 is 9.53 Å². The molecule has 0 aromatic heterocycles. The predicted molar refractivity (Wildman–Crippen MR) is 64.7 cm³/mol. The van der Waals surface area contributed by atoms with Crippen LogP contribution in [0.1, 0.15) is 6.92 Å². The number of carbonyl (C=O) groups is 1. The second-order valence-corrected chi connectivity index (χ2v) is 4.27. The van der Waals surface area contributed by atoms with Gasteiger partial charge in [0.05, 0.1) is 12.3 Å². The maximum absolute atomic E-state index is 11.5. The fourth-order valence-corrected chi connectivity index (χ4v) is 2.22. The van der Waals surface area contributed by atoms with Gasteiger partial charge in [-0.25, -0.2) is 14.8 Å². The second-order valence-electron chi connectivity index (χ2n) is 3.37. The van der Waals surface area contributed by atoms with Crippen LogP contribution in [0.2, 0.25) is 0 Å². The monoisotopic (exact) mass is 239 g/mol. The number of amidine groups is 1. The highest BCUT2D eigenvalue weighted by Gasteiger charge is 2.32. The van der Waals surface area contributed by atoms with Gasteiger partial charge in [0, 0.05) is 7.05 Å². The molecule has 0 amide bonds. The van der Waals surface area contributed by atoms with Crippen LogP contribution in [0.4, 0.5) is 0 Å². The number of aliphatic imine (C=N–C) groups is 2. The van der Waals surface area contributed by atoms with Crippen LogP contribution >= 0.6 is 11.8 Å². The van der Waals surface area contributed by atoms with Crippen LogP contribution in [0.25, 0.3) is 0 Å². The van der Waals surface area contributed by atoms with Crippen LogP contribution in [-0.2, 0) is 9.53 Å². The molecule has 0 aromatic rings. The molecule has 0 bridgehead atoms. The SMILES string of the molecule is CCOC(=O)C1=NC2=NC(SC)N(C)C2=C1. The van der Waals surface area contributed by atoms with Crippen molar-refractivity contribution in [1.82, 2.24) is 4.90 Å². The molecule has 0 spiro atoms. The van der Waals surface area contributed by atoms with Crippen molar-refractivity contribution in [1.29, 1.82) is 0 Å². The normalized spacial score (nSPS) is 22.6. The van der Waals surface area contributed by atoms with Gasteiger partial charge in [-0.3, -0.25) is 0 Å². The van der Waals surface area contributed by atoms with Crippen LogP contribution in [0.15, 0.2) is 21.8 Å². The van der Waals surface area contributed by atoms with Gasteiger partial charge in [0.25, 0.3) is 0 Å². The standard InChI is InChI=1S/C10H13N3O2S/c1-4-15-9(14)6-5-7-8(11-6)12-10(16-3)13(7)2/h5,10H,4H2,1-3H3. The maximum atomic E-state index is 11.5. The van der Waals surface area contributed by atoms with Crippen LogP contribution in [0.3, 0.4) is 0 Å². The Morgan fingerprint density at radius 2 is 2.44 bits per heavy atom. The molecule has 0 N–H and O–H groups in total. The van der Waals surface area contributed by atoms with Crippen LogP contribution in [-0.4, -0.2) is 47.8 Å². The summed E-state index contributed by atoms with van der Waals surface area (Å²) in [6.07, 6.45) is 3.72. The largest absolute Gasteiger partial charge is 0.461 e. The number of fused-ring (bicyclic) bond motifs is 1. The van der Waals surface area contributed by atoms with E-state index >= 15 is 0 Å². The molecular weight excluding hydrogens is 226 g/mol. The quantitative estimate of drug-likeness (QED) is 0.686. The molecule has 2 heterocycles. The Morgan fingerprint density at radius 1 is 1.69 bits per heavy atom. The number of nitrogens with zero attached hydrogens (tertiary/aromatic N) is 3. The number of thioether (sulfide) groups is 1. The molecule has 0 saturated carbocycles. The lowest BCUT2D eigenvalue weighted by Crippen LogP contribution is -2.22.